The standard InChI is InChI=1S/C14H36O2Si3.BrH/c1-14(2,3)12-11-13-19(10,15-17(4,5)6)16-18(7,8)9;/h11-13H2,1-10H3;1H. The lowest BCUT2D eigenvalue weighted by atomic mass is 9.91. The second-order valence-corrected chi connectivity index (χ2v) is 21.8. The molecule has 0 rings (SSSR count). The van der Waals surface area contributed by atoms with E-state index >= 15 is 0 Å². The molecule has 0 spiro atoms. The number of halogens is 1. The predicted molar refractivity (Wildman–Crippen MR) is 104 cm³/mol. The van der Waals surface area contributed by atoms with Crippen LogP contribution in [0.15, 0.2) is 0 Å². The average molecular weight is 402 g/mol. The molecular weight excluding hydrogens is 364 g/mol. The highest BCUT2D eigenvalue weighted by Crippen LogP contribution is 2.29. The molecule has 0 N–H and O–H groups in total. The van der Waals surface area contributed by atoms with Crippen molar-refractivity contribution in [3.8, 4) is 0 Å². The van der Waals surface area contributed by atoms with E-state index in [2.05, 4.69) is 66.6 Å². The van der Waals surface area contributed by atoms with Gasteiger partial charge < -0.3 is 8.23 Å². The Balaban J connectivity index is 0. The average Bonchev–Trinajstić information content (AvgIpc) is 1.90. The molecule has 6 heteroatoms. The molecule has 0 atom stereocenters. The second kappa shape index (κ2) is 8.06. The highest BCUT2D eigenvalue weighted by atomic mass is 79.9. The quantitative estimate of drug-likeness (QED) is 0.475. The smallest absolute Gasteiger partial charge is 0.314 e. The van der Waals surface area contributed by atoms with Crippen LogP contribution in [0.1, 0.15) is 33.6 Å². The Morgan fingerprint density at radius 3 is 1.35 bits per heavy atom. The summed E-state index contributed by atoms with van der Waals surface area (Å²) in [4.78, 5) is 0. The number of hydrogen-bond acceptors (Lipinski definition) is 2. The van der Waals surface area contributed by atoms with Crippen molar-refractivity contribution in [3.63, 3.8) is 0 Å². The van der Waals surface area contributed by atoms with E-state index in [1.54, 1.807) is 0 Å². The second-order valence-electron chi connectivity index (χ2n) is 8.98. The predicted octanol–water partition coefficient (Wildman–Crippen LogP) is 6.17. The van der Waals surface area contributed by atoms with E-state index in [-0.39, 0.29) is 17.0 Å². The van der Waals surface area contributed by atoms with Gasteiger partial charge in [-0.25, -0.2) is 0 Å². The molecular formula is C14H37BrO2Si3. The van der Waals surface area contributed by atoms with E-state index in [1.165, 1.54) is 12.8 Å². The van der Waals surface area contributed by atoms with Gasteiger partial charge >= 0.3 is 8.56 Å². The topological polar surface area (TPSA) is 18.5 Å². The first-order chi connectivity index (χ1) is 8.12. The highest BCUT2D eigenvalue weighted by Gasteiger charge is 2.39. The van der Waals surface area contributed by atoms with E-state index in [9.17, 15) is 0 Å². The van der Waals surface area contributed by atoms with Crippen LogP contribution in [0.25, 0.3) is 0 Å². The Hall–Kier alpha value is 1.05. The van der Waals surface area contributed by atoms with Crippen LogP contribution in [0.2, 0.25) is 51.9 Å². The van der Waals surface area contributed by atoms with Crippen LogP contribution in [0.3, 0.4) is 0 Å². The third kappa shape index (κ3) is 14.0. The molecule has 0 radical (unpaired) electrons. The van der Waals surface area contributed by atoms with Crippen molar-refractivity contribution in [2.45, 2.75) is 85.5 Å². The van der Waals surface area contributed by atoms with Crippen LogP contribution in [-0.4, -0.2) is 25.2 Å². The van der Waals surface area contributed by atoms with Gasteiger partial charge in [0.05, 0.1) is 0 Å². The first-order valence-corrected chi connectivity index (χ1v) is 16.9. The van der Waals surface area contributed by atoms with E-state index in [1.807, 2.05) is 0 Å². The van der Waals surface area contributed by atoms with E-state index in [0.717, 1.165) is 6.04 Å². The third-order valence-electron chi connectivity index (χ3n) is 2.60. The maximum Gasteiger partial charge on any atom is 0.314 e. The van der Waals surface area contributed by atoms with Gasteiger partial charge in [0.2, 0.25) is 0 Å². The molecule has 0 heterocycles. The minimum Gasteiger partial charge on any atom is -0.437 e. The van der Waals surface area contributed by atoms with Gasteiger partial charge in [0, 0.05) is 0 Å². The summed E-state index contributed by atoms with van der Waals surface area (Å²) < 4.78 is 13.0. The first kappa shape index (κ1) is 23.3. The maximum atomic E-state index is 6.51. The fourth-order valence-corrected chi connectivity index (χ4v) is 14.9. The molecule has 0 aliphatic heterocycles. The van der Waals surface area contributed by atoms with Crippen molar-refractivity contribution in [2.75, 3.05) is 0 Å². The molecule has 0 bridgehead atoms. The summed E-state index contributed by atoms with van der Waals surface area (Å²) in [5.41, 5.74) is 0.410. The number of rotatable bonds is 7. The summed E-state index contributed by atoms with van der Waals surface area (Å²) in [5, 5.41) is 0. The highest BCUT2D eigenvalue weighted by molar-refractivity contribution is 8.93. The van der Waals surface area contributed by atoms with Crippen molar-refractivity contribution in [3.05, 3.63) is 0 Å². The molecule has 0 saturated heterocycles. The Labute approximate surface area is 141 Å². The lowest BCUT2D eigenvalue weighted by Crippen LogP contribution is -2.52. The molecule has 0 unspecified atom stereocenters. The van der Waals surface area contributed by atoms with Crippen LogP contribution >= 0.6 is 17.0 Å². The van der Waals surface area contributed by atoms with Crippen molar-refractivity contribution >= 4 is 42.2 Å². The van der Waals surface area contributed by atoms with Gasteiger partial charge in [-0.05, 0) is 63.7 Å². The minimum absolute atomic E-state index is 0. The first-order valence-electron chi connectivity index (χ1n) is 7.52. The molecule has 0 amide bonds. The Kier molecular flexibility index (Phi) is 9.40. The van der Waals surface area contributed by atoms with Gasteiger partial charge in [-0.2, -0.15) is 0 Å². The molecule has 0 aliphatic rings. The molecule has 2 nitrogen and oxygen atoms in total. The molecule has 0 aromatic heterocycles. The molecule has 0 saturated carbocycles. The van der Waals surface area contributed by atoms with Crippen molar-refractivity contribution in [1.29, 1.82) is 0 Å². The lowest BCUT2D eigenvalue weighted by molar-refractivity contribution is 0.348. The third-order valence-corrected chi connectivity index (χ3v) is 12.2. The fourth-order valence-electron chi connectivity index (χ4n) is 2.36. The lowest BCUT2D eigenvalue weighted by Gasteiger charge is -2.39. The van der Waals surface area contributed by atoms with Gasteiger partial charge in [-0.1, -0.05) is 27.2 Å². The van der Waals surface area contributed by atoms with E-state index in [0.29, 0.717) is 5.41 Å². The molecule has 0 aliphatic carbocycles. The largest absolute Gasteiger partial charge is 0.437 e. The molecule has 0 aromatic carbocycles. The summed E-state index contributed by atoms with van der Waals surface area (Å²) in [6, 6.07) is 1.14. The van der Waals surface area contributed by atoms with Crippen molar-refractivity contribution in [1.82, 2.24) is 0 Å². The zero-order valence-corrected chi connectivity index (χ0v) is 20.1. The summed E-state index contributed by atoms with van der Waals surface area (Å²) >= 11 is 0. The summed E-state index contributed by atoms with van der Waals surface area (Å²) in [6.07, 6.45) is 2.47. The Morgan fingerprint density at radius 1 is 0.750 bits per heavy atom. The van der Waals surface area contributed by atoms with Crippen LogP contribution in [0, 0.1) is 5.41 Å². The monoisotopic (exact) mass is 400 g/mol. The molecule has 20 heavy (non-hydrogen) atoms. The van der Waals surface area contributed by atoms with Gasteiger partial charge in [0.25, 0.3) is 0 Å². The maximum absolute atomic E-state index is 6.51. The van der Waals surface area contributed by atoms with Gasteiger partial charge in [0.15, 0.2) is 16.6 Å². The summed E-state index contributed by atoms with van der Waals surface area (Å²) in [6.45, 7) is 22.9. The summed E-state index contributed by atoms with van der Waals surface area (Å²) in [7, 11) is -5.06. The minimum atomic E-state index is -2.00. The van der Waals surface area contributed by atoms with Crippen molar-refractivity contribution in [2.24, 2.45) is 5.41 Å². The van der Waals surface area contributed by atoms with E-state index < -0.39 is 25.2 Å². The molecule has 0 aromatic rings. The van der Waals surface area contributed by atoms with Crippen LogP contribution in [0.5, 0.6) is 0 Å². The molecule has 0 fully saturated rings. The Morgan fingerprint density at radius 2 is 1.10 bits per heavy atom. The summed E-state index contributed by atoms with van der Waals surface area (Å²) in [5.74, 6) is 0. The SMILES string of the molecule is Br.CC(C)(C)CCC[Si](C)(O[Si](C)(C)C)O[Si](C)(C)C. The van der Waals surface area contributed by atoms with Gasteiger partial charge in [0.1, 0.15) is 0 Å². The Bertz CT molecular complexity index is 262. The number of hydrogen-bond donors (Lipinski definition) is 0. The zero-order chi connectivity index (χ0) is 15.5. The van der Waals surface area contributed by atoms with Crippen molar-refractivity contribution < 1.29 is 8.23 Å². The van der Waals surface area contributed by atoms with Crippen LogP contribution in [-0.2, 0) is 8.23 Å². The fraction of sp³-hybridized carbons (Fsp3) is 1.00. The van der Waals surface area contributed by atoms with Crippen LogP contribution in [0.4, 0.5) is 0 Å². The van der Waals surface area contributed by atoms with E-state index in [4.69, 9.17) is 8.23 Å². The van der Waals surface area contributed by atoms with Gasteiger partial charge in [-0.15, -0.1) is 17.0 Å². The zero-order valence-electron chi connectivity index (χ0n) is 15.3. The van der Waals surface area contributed by atoms with Crippen LogP contribution < -0.4 is 0 Å². The molecule has 124 valence electrons. The van der Waals surface area contributed by atoms with Gasteiger partial charge in [-0.3, -0.25) is 0 Å². The normalized spacial score (nSPS) is 14.1.